The number of ether oxygens (including phenoxy) is 2. The molecule has 0 aliphatic rings. The molecule has 0 radical (unpaired) electrons. The Balaban J connectivity index is 3.08. The highest BCUT2D eigenvalue weighted by molar-refractivity contribution is 7.09. The average Bonchev–Trinajstić information content (AvgIpc) is 3.37. The Labute approximate surface area is 231 Å². The molecule has 1 rings (SSSR count). The van der Waals surface area contributed by atoms with Crippen LogP contribution in [0.15, 0.2) is 5.38 Å². The maximum absolute atomic E-state index is 13.7. The lowest BCUT2D eigenvalue weighted by atomic mass is 9.93. The van der Waals surface area contributed by atoms with Gasteiger partial charge in [-0.25, -0.2) is 9.78 Å². The van der Waals surface area contributed by atoms with E-state index in [0.717, 1.165) is 32.2 Å². The van der Waals surface area contributed by atoms with Gasteiger partial charge >= 0.3 is 11.9 Å². The lowest BCUT2D eigenvalue weighted by molar-refractivity contribution is -0.149. The number of carbonyl (C=O) groups excluding carboxylic acids is 4. The van der Waals surface area contributed by atoms with Crippen molar-refractivity contribution >= 4 is 35.1 Å². The number of rotatable bonds is 17. The van der Waals surface area contributed by atoms with Gasteiger partial charge in [-0.1, -0.05) is 40.5 Å². The lowest BCUT2D eigenvalue weighted by Gasteiger charge is -2.37. The number of hydrogen-bond donors (Lipinski definition) is 2. The molecule has 1 aromatic heterocycles. The molecule has 0 bridgehead atoms. The number of nitrogens with zero attached hydrogens (tertiary/aromatic N) is 2. The molecule has 0 saturated carbocycles. The second-order valence-electron chi connectivity index (χ2n) is 10.0. The summed E-state index contributed by atoms with van der Waals surface area (Å²) in [7, 11) is 4.90. The van der Waals surface area contributed by atoms with Crippen molar-refractivity contribution < 1.29 is 28.7 Å². The minimum absolute atomic E-state index is 0.0162. The summed E-state index contributed by atoms with van der Waals surface area (Å²) in [6, 6.07) is -0.976. The third kappa shape index (κ3) is 10.7. The van der Waals surface area contributed by atoms with E-state index in [2.05, 4.69) is 15.6 Å². The summed E-state index contributed by atoms with van der Waals surface area (Å²) in [6.45, 7) is 10.2. The number of hydrogen-bond acceptors (Lipinski definition) is 9. The predicted octanol–water partition coefficient (Wildman–Crippen LogP) is 3.72. The van der Waals surface area contributed by atoms with E-state index in [1.54, 1.807) is 17.3 Å². The van der Waals surface area contributed by atoms with Crippen molar-refractivity contribution in [2.24, 2.45) is 11.8 Å². The lowest BCUT2D eigenvalue weighted by Crippen LogP contribution is -2.54. The molecular formula is C27H46N4O6S. The van der Waals surface area contributed by atoms with Crippen LogP contribution in [-0.2, 0) is 23.9 Å². The van der Waals surface area contributed by atoms with Gasteiger partial charge in [0.2, 0.25) is 11.8 Å². The van der Waals surface area contributed by atoms with Crippen LogP contribution in [0.1, 0.15) is 94.7 Å². The second-order valence-corrected chi connectivity index (χ2v) is 10.9. The number of amides is 2. The van der Waals surface area contributed by atoms with Crippen molar-refractivity contribution in [3.8, 4) is 0 Å². The first-order valence-corrected chi connectivity index (χ1v) is 14.3. The number of likely N-dealkylation sites (N-methyl/N-ethyl adjacent to an activating group) is 1. The van der Waals surface area contributed by atoms with Crippen LogP contribution in [0.3, 0.4) is 0 Å². The van der Waals surface area contributed by atoms with E-state index in [4.69, 9.17) is 9.47 Å². The molecule has 216 valence electrons. The van der Waals surface area contributed by atoms with Gasteiger partial charge in [0, 0.05) is 38.2 Å². The number of aromatic nitrogens is 1. The van der Waals surface area contributed by atoms with Gasteiger partial charge in [-0.3, -0.25) is 14.4 Å². The Morgan fingerprint density at radius 3 is 2.37 bits per heavy atom. The van der Waals surface area contributed by atoms with Crippen molar-refractivity contribution in [2.45, 2.75) is 91.3 Å². The highest BCUT2D eigenvalue weighted by Crippen LogP contribution is 2.31. The van der Waals surface area contributed by atoms with Gasteiger partial charge < -0.3 is 25.0 Å². The van der Waals surface area contributed by atoms with Crippen molar-refractivity contribution in [3.05, 3.63) is 16.1 Å². The molecule has 0 spiro atoms. The van der Waals surface area contributed by atoms with Gasteiger partial charge in [0.05, 0.1) is 7.11 Å². The number of nitrogens with one attached hydrogen (secondary N) is 2. The van der Waals surface area contributed by atoms with Crippen LogP contribution < -0.4 is 10.6 Å². The van der Waals surface area contributed by atoms with E-state index in [-0.39, 0.29) is 35.4 Å². The van der Waals surface area contributed by atoms with E-state index in [1.807, 2.05) is 34.7 Å². The van der Waals surface area contributed by atoms with Crippen molar-refractivity contribution in [1.82, 2.24) is 20.5 Å². The fraction of sp³-hybridized carbons (Fsp3) is 0.741. The molecule has 11 heteroatoms. The monoisotopic (exact) mass is 554 g/mol. The molecule has 2 N–H and O–H groups in total. The molecular weight excluding hydrogens is 508 g/mol. The van der Waals surface area contributed by atoms with E-state index < -0.39 is 24.1 Å². The molecule has 1 aromatic rings. The highest BCUT2D eigenvalue weighted by atomic mass is 32.1. The van der Waals surface area contributed by atoms with Crippen LogP contribution in [0.25, 0.3) is 0 Å². The molecule has 0 aliphatic carbocycles. The van der Waals surface area contributed by atoms with Gasteiger partial charge in [-0.05, 0) is 38.3 Å². The number of thiazole rings is 1. The van der Waals surface area contributed by atoms with Crippen LogP contribution in [0, 0.1) is 11.8 Å². The maximum Gasteiger partial charge on any atom is 0.357 e. The summed E-state index contributed by atoms with van der Waals surface area (Å²) >= 11 is 1.20. The molecule has 10 nitrogen and oxygen atoms in total. The topological polar surface area (TPSA) is 127 Å². The average molecular weight is 555 g/mol. The fourth-order valence-corrected chi connectivity index (χ4v) is 5.03. The third-order valence-electron chi connectivity index (χ3n) is 6.70. The highest BCUT2D eigenvalue weighted by Gasteiger charge is 2.35. The van der Waals surface area contributed by atoms with Crippen LogP contribution in [-0.4, -0.2) is 73.5 Å². The quantitative estimate of drug-likeness (QED) is 0.220. The Bertz CT molecular complexity index is 906. The SMILES string of the molecule is CC[C@H](C)C(NC(=O)CCCCCNC)C(=O)N(C)[C@H](C[C@@H](OC(C)=O)c1nc(C(=O)OC)cs1)C(C)C. The molecule has 38 heavy (non-hydrogen) atoms. The van der Waals surface area contributed by atoms with Crippen molar-refractivity contribution in [3.63, 3.8) is 0 Å². The van der Waals surface area contributed by atoms with E-state index in [1.165, 1.54) is 25.4 Å². The van der Waals surface area contributed by atoms with Gasteiger partial charge in [0.15, 0.2) is 11.8 Å². The third-order valence-corrected chi connectivity index (χ3v) is 7.63. The second kappa shape index (κ2) is 17.1. The van der Waals surface area contributed by atoms with Gasteiger partial charge in [0.1, 0.15) is 11.0 Å². The minimum Gasteiger partial charge on any atom is -0.464 e. The normalized spacial score (nSPS) is 14.3. The van der Waals surface area contributed by atoms with Crippen LogP contribution in [0.4, 0.5) is 0 Å². The molecule has 1 heterocycles. The smallest absolute Gasteiger partial charge is 0.357 e. The Kier molecular flexibility index (Phi) is 15.1. The predicted molar refractivity (Wildman–Crippen MR) is 148 cm³/mol. The summed E-state index contributed by atoms with van der Waals surface area (Å²) in [4.78, 5) is 56.2. The zero-order valence-electron chi connectivity index (χ0n) is 24.2. The van der Waals surface area contributed by atoms with E-state index in [9.17, 15) is 19.2 Å². The summed E-state index contributed by atoms with van der Waals surface area (Å²) in [5.41, 5.74) is 0.140. The molecule has 0 saturated heterocycles. The van der Waals surface area contributed by atoms with Gasteiger partial charge in [-0.2, -0.15) is 0 Å². The summed E-state index contributed by atoms with van der Waals surface area (Å²) < 4.78 is 10.3. The number of esters is 2. The number of methoxy groups -OCH3 is 1. The Morgan fingerprint density at radius 2 is 1.82 bits per heavy atom. The van der Waals surface area contributed by atoms with Gasteiger partial charge in [0.25, 0.3) is 0 Å². The zero-order chi connectivity index (χ0) is 28.8. The van der Waals surface area contributed by atoms with Crippen LogP contribution >= 0.6 is 11.3 Å². The van der Waals surface area contributed by atoms with Crippen molar-refractivity contribution in [2.75, 3.05) is 27.7 Å². The molecule has 2 amide bonds. The first-order chi connectivity index (χ1) is 18.0. The standard InChI is InChI=1S/C27H46N4O6S/c1-9-18(4)24(30-23(33)13-11-10-12-14-28-6)26(34)31(7)21(17(2)3)15-22(37-19(5)32)25-29-20(16-38-25)27(35)36-8/h16-18,21-22,24,28H,9-15H2,1-8H3,(H,30,33)/t18-,21+,22+,24?/m0/s1. The molecule has 0 fully saturated rings. The molecule has 0 aromatic carbocycles. The molecule has 1 unspecified atom stereocenters. The first kappa shape index (κ1) is 33.5. The number of unbranched alkanes of at least 4 members (excludes halogenated alkanes) is 2. The molecule has 4 atom stereocenters. The number of carbonyl (C=O) groups is 4. The van der Waals surface area contributed by atoms with Crippen molar-refractivity contribution in [1.29, 1.82) is 0 Å². The Morgan fingerprint density at radius 1 is 1.13 bits per heavy atom. The van der Waals surface area contributed by atoms with Gasteiger partial charge in [-0.15, -0.1) is 11.3 Å². The first-order valence-electron chi connectivity index (χ1n) is 13.4. The fourth-order valence-electron chi connectivity index (χ4n) is 4.21. The zero-order valence-corrected chi connectivity index (χ0v) is 25.0. The summed E-state index contributed by atoms with van der Waals surface area (Å²) in [6.07, 6.45) is 3.36. The minimum atomic E-state index is -0.743. The molecule has 0 aliphatic heterocycles. The van der Waals surface area contributed by atoms with Crippen LogP contribution in [0.5, 0.6) is 0 Å². The van der Waals surface area contributed by atoms with E-state index >= 15 is 0 Å². The van der Waals surface area contributed by atoms with E-state index in [0.29, 0.717) is 17.8 Å². The summed E-state index contributed by atoms with van der Waals surface area (Å²) in [5.74, 6) is -1.41. The largest absolute Gasteiger partial charge is 0.464 e. The summed E-state index contributed by atoms with van der Waals surface area (Å²) in [5, 5.41) is 8.09. The maximum atomic E-state index is 13.7. The Hall–Kier alpha value is -2.53. The van der Waals surface area contributed by atoms with Crippen LogP contribution in [0.2, 0.25) is 0 Å².